The molecule has 26 heavy (non-hydrogen) atoms. The lowest BCUT2D eigenvalue weighted by atomic mass is 9.95. The van der Waals surface area contributed by atoms with Crippen LogP contribution in [0.1, 0.15) is 37.1 Å². The average Bonchev–Trinajstić information content (AvgIpc) is 3.28. The number of hydrogen-bond acceptors (Lipinski definition) is 3. The Morgan fingerprint density at radius 1 is 1.12 bits per heavy atom. The fraction of sp³-hybridized carbons (Fsp3) is 0.286. The van der Waals surface area contributed by atoms with Crippen LogP contribution in [0.5, 0.6) is 0 Å². The first-order valence-corrected chi connectivity index (χ1v) is 9.14. The lowest BCUT2D eigenvalue weighted by Crippen LogP contribution is -2.20. The summed E-state index contributed by atoms with van der Waals surface area (Å²) in [4.78, 5) is 12.7. The first-order chi connectivity index (χ1) is 12.8. The summed E-state index contributed by atoms with van der Waals surface area (Å²) in [6, 6.07) is 17.8. The number of carbonyl (C=O) groups excluding carboxylic acids is 1. The molecule has 1 aliphatic rings. The number of carbonyl (C=O) groups is 1. The molecule has 1 aliphatic heterocycles. The second kappa shape index (κ2) is 7.12. The van der Waals surface area contributed by atoms with Crippen molar-refractivity contribution in [3.05, 3.63) is 66.0 Å². The van der Waals surface area contributed by atoms with Crippen molar-refractivity contribution in [2.75, 3.05) is 5.32 Å². The highest BCUT2D eigenvalue weighted by Crippen LogP contribution is 2.26. The van der Waals surface area contributed by atoms with Gasteiger partial charge in [0.05, 0.1) is 5.92 Å². The number of rotatable bonds is 5. The number of aromatic nitrogens is 3. The molecule has 0 aliphatic carbocycles. The quantitative estimate of drug-likeness (QED) is 0.759. The van der Waals surface area contributed by atoms with Crippen molar-refractivity contribution in [3.63, 3.8) is 0 Å². The Kier molecular flexibility index (Phi) is 4.52. The van der Waals surface area contributed by atoms with Crippen molar-refractivity contribution in [3.8, 4) is 11.4 Å². The number of fused-ring (bicyclic) bond motifs is 1. The molecule has 0 radical (unpaired) electrons. The van der Waals surface area contributed by atoms with Crippen LogP contribution in [0.25, 0.3) is 11.4 Å². The second-order valence-corrected chi connectivity index (χ2v) is 6.63. The number of anilines is 1. The Balaban J connectivity index is 1.49. The molecule has 5 nitrogen and oxygen atoms in total. The van der Waals surface area contributed by atoms with E-state index in [2.05, 4.69) is 20.1 Å². The highest BCUT2D eigenvalue weighted by molar-refractivity contribution is 5.96. The molecule has 1 aromatic heterocycles. The number of aryl methyl sites for hydroxylation is 1. The first-order valence-electron chi connectivity index (χ1n) is 9.14. The lowest BCUT2D eigenvalue weighted by Gasteiger charge is -2.15. The van der Waals surface area contributed by atoms with E-state index in [0.717, 1.165) is 54.3 Å². The van der Waals surface area contributed by atoms with Gasteiger partial charge in [-0.05, 0) is 42.7 Å². The minimum Gasteiger partial charge on any atom is -0.326 e. The monoisotopic (exact) mass is 346 g/mol. The molecule has 4 rings (SSSR count). The van der Waals surface area contributed by atoms with E-state index < -0.39 is 0 Å². The minimum atomic E-state index is -0.143. The van der Waals surface area contributed by atoms with E-state index in [9.17, 15) is 4.79 Å². The van der Waals surface area contributed by atoms with E-state index in [1.807, 2.05) is 61.5 Å². The molecular weight excluding hydrogens is 324 g/mol. The van der Waals surface area contributed by atoms with Gasteiger partial charge in [-0.15, -0.1) is 10.2 Å². The van der Waals surface area contributed by atoms with Gasteiger partial charge in [0.2, 0.25) is 5.91 Å². The third kappa shape index (κ3) is 3.12. The number of benzene rings is 2. The van der Waals surface area contributed by atoms with Crippen LogP contribution in [-0.2, 0) is 17.8 Å². The lowest BCUT2D eigenvalue weighted by molar-refractivity contribution is -0.117. The van der Waals surface area contributed by atoms with Crippen LogP contribution in [0.3, 0.4) is 0 Å². The normalized spacial score (nSPS) is 14.0. The summed E-state index contributed by atoms with van der Waals surface area (Å²) in [6.07, 6.45) is 2.89. The summed E-state index contributed by atoms with van der Waals surface area (Å²) in [5.74, 6) is 1.85. The Morgan fingerprint density at radius 3 is 2.62 bits per heavy atom. The van der Waals surface area contributed by atoms with Crippen LogP contribution >= 0.6 is 0 Å². The molecule has 0 unspecified atom stereocenters. The molecule has 1 amide bonds. The third-order valence-electron chi connectivity index (χ3n) is 4.95. The van der Waals surface area contributed by atoms with Crippen LogP contribution in [0.2, 0.25) is 0 Å². The smallest absolute Gasteiger partial charge is 0.231 e. The van der Waals surface area contributed by atoms with Gasteiger partial charge in [0.1, 0.15) is 5.82 Å². The second-order valence-electron chi connectivity index (χ2n) is 6.63. The molecule has 0 saturated heterocycles. The average molecular weight is 346 g/mol. The maximum Gasteiger partial charge on any atom is 0.231 e. The molecule has 0 saturated carbocycles. The Labute approximate surface area is 153 Å². The van der Waals surface area contributed by atoms with Gasteiger partial charge in [-0.25, -0.2) is 0 Å². The molecule has 1 atom stereocenters. The molecule has 1 N–H and O–H groups in total. The van der Waals surface area contributed by atoms with E-state index >= 15 is 0 Å². The van der Waals surface area contributed by atoms with Crippen LogP contribution in [0, 0.1) is 0 Å². The number of nitrogens with zero attached hydrogens (tertiary/aromatic N) is 3. The van der Waals surface area contributed by atoms with Gasteiger partial charge in [0.25, 0.3) is 0 Å². The van der Waals surface area contributed by atoms with Crippen molar-refractivity contribution >= 4 is 11.6 Å². The third-order valence-corrected chi connectivity index (χ3v) is 4.95. The predicted molar refractivity (Wildman–Crippen MR) is 102 cm³/mol. The Bertz CT molecular complexity index is 900. The molecule has 132 valence electrons. The predicted octanol–water partition coefficient (Wildman–Crippen LogP) is 4.02. The van der Waals surface area contributed by atoms with Gasteiger partial charge in [-0.2, -0.15) is 0 Å². The molecule has 0 bridgehead atoms. The molecule has 2 aromatic carbocycles. The van der Waals surface area contributed by atoms with Gasteiger partial charge in [0, 0.05) is 24.2 Å². The van der Waals surface area contributed by atoms with E-state index in [0.29, 0.717) is 0 Å². The number of hydrogen-bond donors (Lipinski definition) is 1. The molecule has 3 aromatic rings. The fourth-order valence-electron chi connectivity index (χ4n) is 3.55. The van der Waals surface area contributed by atoms with E-state index in [1.165, 1.54) is 0 Å². The van der Waals surface area contributed by atoms with Gasteiger partial charge in [0.15, 0.2) is 5.82 Å². The summed E-state index contributed by atoms with van der Waals surface area (Å²) in [5, 5.41) is 11.6. The first kappa shape index (κ1) is 16.5. The van der Waals surface area contributed by atoms with E-state index in [1.54, 1.807) is 0 Å². The van der Waals surface area contributed by atoms with Crippen molar-refractivity contribution in [2.45, 2.75) is 38.6 Å². The SMILES string of the molecule is CC[C@H](C(=O)Nc1ccc(-c2nnc3n2CCC3)cc1)c1ccccc1. The standard InChI is InChI=1S/C21H22N4O/c1-2-18(15-7-4-3-5-8-15)21(26)22-17-12-10-16(11-13-17)20-24-23-19-9-6-14-25(19)20/h3-5,7-8,10-13,18H,2,6,9,14H2,1H3,(H,22,26)/t18-/m0/s1. The van der Waals surface area contributed by atoms with Crippen LogP contribution < -0.4 is 5.32 Å². The Morgan fingerprint density at radius 2 is 1.88 bits per heavy atom. The molecule has 0 spiro atoms. The summed E-state index contributed by atoms with van der Waals surface area (Å²) in [5.41, 5.74) is 2.87. The molecule has 5 heteroatoms. The maximum atomic E-state index is 12.7. The van der Waals surface area contributed by atoms with E-state index in [4.69, 9.17) is 0 Å². The number of amides is 1. The van der Waals surface area contributed by atoms with Gasteiger partial charge in [-0.1, -0.05) is 37.3 Å². The molecule has 2 heterocycles. The molecular formula is C21H22N4O. The number of nitrogens with one attached hydrogen (secondary N) is 1. The molecule has 0 fully saturated rings. The topological polar surface area (TPSA) is 59.8 Å². The van der Waals surface area contributed by atoms with Crippen molar-refractivity contribution in [1.82, 2.24) is 14.8 Å². The highest BCUT2D eigenvalue weighted by atomic mass is 16.1. The summed E-state index contributed by atoms with van der Waals surface area (Å²) >= 11 is 0. The fourth-order valence-corrected chi connectivity index (χ4v) is 3.55. The largest absolute Gasteiger partial charge is 0.326 e. The summed E-state index contributed by atoms with van der Waals surface area (Å²) in [7, 11) is 0. The zero-order valence-electron chi connectivity index (χ0n) is 14.9. The van der Waals surface area contributed by atoms with Crippen molar-refractivity contribution < 1.29 is 4.79 Å². The maximum absolute atomic E-state index is 12.7. The van der Waals surface area contributed by atoms with Gasteiger partial charge in [-0.3, -0.25) is 4.79 Å². The van der Waals surface area contributed by atoms with Gasteiger partial charge >= 0.3 is 0 Å². The van der Waals surface area contributed by atoms with Crippen molar-refractivity contribution in [1.29, 1.82) is 0 Å². The van der Waals surface area contributed by atoms with Crippen LogP contribution in [0.15, 0.2) is 54.6 Å². The minimum absolute atomic E-state index is 0.0230. The highest BCUT2D eigenvalue weighted by Gasteiger charge is 2.20. The Hall–Kier alpha value is -2.95. The van der Waals surface area contributed by atoms with E-state index in [-0.39, 0.29) is 11.8 Å². The zero-order chi connectivity index (χ0) is 17.9. The summed E-state index contributed by atoms with van der Waals surface area (Å²) in [6.45, 7) is 3.01. The van der Waals surface area contributed by atoms with Crippen LogP contribution in [0.4, 0.5) is 5.69 Å². The van der Waals surface area contributed by atoms with Gasteiger partial charge < -0.3 is 9.88 Å². The zero-order valence-corrected chi connectivity index (χ0v) is 14.9. The summed E-state index contributed by atoms with van der Waals surface area (Å²) < 4.78 is 2.18. The van der Waals surface area contributed by atoms with Crippen molar-refractivity contribution in [2.24, 2.45) is 0 Å². The van der Waals surface area contributed by atoms with Crippen LogP contribution in [-0.4, -0.2) is 20.7 Å².